The summed E-state index contributed by atoms with van der Waals surface area (Å²) in [4.78, 5) is 12.7. The zero-order valence-corrected chi connectivity index (χ0v) is 16.7. The first-order valence-electron chi connectivity index (χ1n) is 9.56. The minimum absolute atomic E-state index is 0.186. The second kappa shape index (κ2) is 7.54. The van der Waals surface area contributed by atoms with Crippen LogP contribution in [0.25, 0.3) is 22.5 Å². The Labute approximate surface area is 172 Å². The second-order valence-corrected chi connectivity index (χ2v) is 8.98. The van der Waals surface area contributed by atoms with Crippen LogP contribution in [-0.2, 0) is 10.0 Å². The van der Waals surface area contributed by atoms with Crippen molar-refractivity contribution in [3.05, 3.63) is 61.0 Å². The molecule has 10 heteroatoms. The Morgan fingerprint density at radius 1 is 1.03 bits per heavy atom. The van der Waals surface area contributed by atoms with Crippen molar-refractivity contribution in [3.8, 4) is 11.6 Å². The van der Waals surface area contributed by atoms with E-state index in [-0.39, 0.29) is 23.2 Å². The van der Waals surface area contributed by atoms with Crippen LogP contribution in [-0.4, -0.2) is 51.0 Å². The molecule has 1 aliphatic rings. The van der Waals surface area contributed by atoms with Crippen LogP contribution >= 0.6 is 0 Å². The van der Waals surface area contributed by atoms with E-state index in [2.05, 4.69) is 25.1 Å². The molecule has 0 N–H and O–H groups in total. The van der Waals surface area contributed by atoms with Gasteiger partial charge < -0.3 is 4.42 Å². The van der Waals surface area contributed by atoms with Crippen molar-refractivity contribution in [2.45, 2.75) is 23.7 Å². The number of benzene rings is 1. The number of sulfonamides is 1. The zero-order chi connectivity index (χ0) is 20.6. The topological polar surface area (TPSA) is 115 Å². The van der Waals surface area contributed by atoms with Gasteiger partial charge in [0.05, 0.1) is 17.6 Å². The van der Waals surface area contributed by atoms with Crippen molar-refractivity contribution < 1.29 is 12.8 Å². The van der Waals surface area contributed by atoms with Gasteiger partial charge in [-0.25, -0.2) is 13.4 Å². The summed E-state index contributed by atoms with van der Waals surface area (Å²) in [5.74, 6) is 0.498. The van der Waals surface area contributed by atoms with E-state index in [1.807, 2.05) is 12.1 Å². The molecule has 1 aromatic carbocycles. The highest BCUT2D eigenvalue weighted by atomic mass is 32.2. The first kappa shape index (κ1) is 18.8. The lowest BCUT2D eigenvalue weighted by molar-refractivity contribution is 0.286. The molecule has 1 aliphatic heterocycles. The summed E-state index contributed by atoms with van der Waals surface area (Å²) >= 11 is 0. The largest absolute Gasteiger partial charge is 0.419 e. The smallest absolute Gasteiger partial charge is 0.267 e. The number of pyridine rings is 1. The molecule has 5 rings (SSSR count). The van der Waals surface area contributed by atoms with E-state index >= 15 is 0 Å². The molecule has 4 heterocycles. The van der Waals surface area contributed by atoms with Gasteiger partial charge in [-0.1, -0.05) is 18.2 Å². The highest BCUT2D eigenvalue weighted by Gasteiger charge is 2.34. The molecule has 30 heavy (non-hydrogen) atoms. The number of para-hydroxylation sites is 1. The Hall–Kier alpha value is -3.24. The first-order valence-corrected chi connectivity index (χ1v) is 11.0. The average molecular weight is 422 g/mol. The molecule has 4 aromatic rings. The van der Waals surface area contributed by atoms with Gasteiger partial charge in [0, 0.05) is 37.1 Å². The van der Waals surface area contributed by atoms with Gasteiger partial charge in [-0.2, -0.15) is 4.31 Å². The predicted octanol–water partition coefficient (Wildman–Crippen LogP) is 2.64. The van der Waals surface area contributed by atoms with E-state index in [1.165, 1.54) is 4.31 Å². The van der Waals surface area contributed by atoms with Crippen LogP contribution in [0.15, 0.2) is 64.4 Å². The molecule has 0 unspecified atom stereocenters. The van der Waals surface area contributed by atoms with Gasteiger partial charge in [-0.05, 0) is 25.0 Å². The molecule has 9 nitrogen and oxygen atoms in total. The van der Waals surface area contributed by atoms with E-state index in [0.29, 0.717) is 30.1 Å². The minimum Gasteiger partial charge on any atom is -0.419 e. The molecule has 1 saturated heterocycles. The summed E-state index contributed by atoms with van der Waals surface area (Å²) in [6.07, 6.45) is 7.72. The van der Waals surface area contributed by atoms with E-state index in [4.69, 9.17) is 4.42 Å². The maximum absolute atomic E-state index is 13.4. The second-order valence-electron chi connectivity index (χ2n) is 7.07. The van der Waals surface area contributed by atoms with Crippen LogP contribution in [0.2, 0.25) is 0 Å². The fourth-order valence-corrected chi connectivity index (χ4v) is 5.39. The van der Waals surface area contributed by atoms with Crippen molar-refractivity contribution in [3.63, 3.8) is 0 Å². The van der Waals surface area contributed by atoms with Crippen LogP contribution in [0.4, 0.5) is 0 Å². The maximum Gasteiger partial charge on any atom is 0.267 e. The standard InChI is InChI=1S/C20H18N6O3S/c27-30(28,17-7-1-4-14-5-2-8-23-18(14)17)26-11-3-6-15(13-26)19-24-25-20(29-19)16-12-21-9-10-22-16/h1-2,4-5,7-10,12,15H,3,6,11,13H2/t15-/m1/s1. The molecular weight excluding hydrogens is 404 g/mol. The van der Waals surface area contributed by atoms with Crippen LogP contribution in [0.3, 0.4) is 0 Å². The third-order valence-corrected chi connectivity index (χ3v) is 7.07. The van der Waals surface area contributed by atoms with Crippen LogP contribution < -0.4 is 0 Å². The van der Waals surface area contributed by atoms with Gasteiger partial charge in [0.1, 0.15) is 10.6 Å². The van der Waals surface area contributed by atoms with Crippen molar-refractivity contribution in [2.24, 2.45) is 0 Å². The van der Waals surface area contributed by atoms with E-state index < -0.39 is 10.0 Å². The normalized spacial score (nSPS) is 17.9. The third kappa shape index (κ3) is 3.33. The lowest BCUT2D eigenvalue weighted by Gasteiger charge is -2.30. The minimum atomic E-state index is -3.72. The molecule has 152 valence electrons. The SMILES string of the molecule is O=S(=O)(c1cccc2cccnc12)N1CCC[C@@H](c2nnc(-c3cnccn3)o2)C1. The van der Waals surface area contributed by atoms with E-state index in [0.717, 1.165) is 11.8 Å². The molecule has 0 spiro atoms. The van der Waals surface area contributed by atoms with Crippen LogP contribution in [0.1, 0.15) is 24.7 Å². The van der Waals surface area contributed by atoms with Crippen molar-refractivity contribution in [1.29, 1.82) is 0 Å². The molecule has 1 atom stereocenters. The molecule has 0 saturated carbocycles. The van der Waals surface area contributed by atoms with Gasteiger partial charge in [-0.15, -0.1) is 10.2 Å². The number of hydrogen-bond donors (Lipinski definition) is 0. The van der Waals surface area contributed by atoms with Gasteiger partial charge >= 0.3 is 0 Å². The van der Waals surface area contributed by atoms with Gasteiger partial charge in [0.25, 0.3) is 5.89 Å². The summed E-state index contributed by atoms with van der Waals surface area (Å²) in [6.45, 7) is 0.709. The summed E-state index contributed by atoms with van der Waals surface area (Å²) in [7, 11) is -3.72. The van der Waals surface area contributed by atoms with Crippen LogP contribution in [0, 0.1) is 0 Å². The number of hydrogen-bond acceptors (Lipinski definition) is 8. The van der Waals surface area contributed by atoms with E-state index in [9.17, 15) is 8.42 Å². The lowest BCUT2D eigenvalue weighted by Crippen LogP contribution is -2.39. The summed E-state index contributed by atoms with van der Waals surface area (Å²) in [5.41, 5.74) is 0.961. The molecule has 0 bridgehead atoms. The fourth-order valence-electron chi connectivity index (χ4n) is 3.70. The molecule has 0 amide bonds. The first-order chi connectivity index (χ1) is 14.6. The van der Waals surface area contributed by atoms with E-state index in [1.54, 1.807) is 43.0 Å². The summed E-state index contributed by atoms with van der Waals surface area (Å²) in [6, 6.07) is 8.84. The molecule has 0 aliphatic carbocycles. The lowest BCUT2D eigenvalue weighted by atomic mass is 10.00. The average Bonchev–Trinajstić information content (AvgIpc) is 3.30. The quantitative estimate of drug-likeness (QED) is 0.493. The molecule has 3 aromatic heterocycles. The Morgan fingerprint density at radius 3 is 2.80 bits per heavy atom. The molecule has 0 radical (unpaired) electrons. The number of fused-ring (bicyclic) bond motifs is 1. The number of nitrogens with zero attached hydrogens (tertiary/aromatic N) is 6. The molecule has 1 fully saturated rings. The fraction of sp³-hybridized carbons (Fsp3) is 0.250. The number of rotatable bonds is 4. The Bertz CT molecular complexity index is 1290. The van der Waals surface area contributed by atoms with Gasteiger partial charge in [-0.3, -0.25) is 9.97 Å². The summed E-state index contributed by atoms with van der Waals surface area (Å²) in [5, 5.41) is 8.98. The Morgan fingerprint density at radius 2 is 1.93 bits per heavy atom. The maximum atomic E-state index is 13.4. The monoisotopic (exact) mass is 422 g/mol. The van der Waals surface area contributed by atoms with Gasteiger partial charge in [0.2, 0.25) is 15.9 Å². The Balaban J connectivity index is 1.43. The third-order valence-electron chi connectivity index (χ3n) is 5.17. The highest BCUT2D eigenvalue weighted by molar-refractivity contribution is 7.89. The van der Waals surface area contributed by atoms with Crippen molar-refractivity contribution in [2.75, 3.05) is 13.1 Å². The van der Waals surface area contributed by atoms with Crippen molar-refractivity contribution >= 4 is 20.9 Å². The highest BCUT2D eigenvalue weighted by Crippen LogP contribution is 2.32. The zero-order valence-electron chi connectivity index (χ0n) is 15.9. The van der Waals surface area contributed by atoms with Gasteiger partial charge in [0.15, 0.2) is 0 Å². The predicted molar refractivity (Wildman–Crippen MR) is 108 cm³/mol. The summed E-state index contributed by atoms with van der Waals surface area (Å²) < 4.78 is 34.1. The van der Waals surface area contributed by atoms with Crippen LogP contribution in [0.5, 0.6) is 0 Å². The Kier molecular flexibility index (Phi) is 4.72. The molecular formula is C20H18N6O3S. The van der Waals surface area contributed by atoms with Crippen molar-refractivity contribution in [1.82, 2.24) is 29.5 Å². The number of piperidine rings is 1. The number of aromatic nitrogens is 5.